The minimum absolute atomic E-state index is 0.0853. The highest BCUT2D eigenvalue weighted by Crippen LogP contribution is 2.32. The summed E-state index contributed by atoms with van der Waals surface area (Å²) in [5.74, 6) is 0.598. The van der Waals surface area contributed by atoms with Crippen LogP contribution < -0.4 is 0 Å². The summed E-state index contributed by atoms with van der Waals surface area (Å²) < 4.78 is 0. The fraction of sp³-hybridized carbons (Fsp3) is 0.222. The number of rotatable bonds is 6. The molecule has 0 unspecified atom stereocenters. The summed E-state index contributed by atoms with van der Waals surface area (Å²) in [6, 6.07) is 14.9. The molecule has 2 rings (SSSR count). The van der Waals surface area contributed by atoms with Gasteiger partial charge in [0.1, 0.15) is 0 Å². The Morgan fingerprint density at radius 3 is 2.79 bits per heavy atom. The second kappa shape index (κ2) is 8.98. The molecule has 0 atom stereocenters. The molecule has 124 valence electrons. The molecule has 0 aliphatic heterocycles. The minimum atomic E-state index is -0.0853. The van der Waals surface area contributed by atoms with E-state index in [0.29, 0.717) is 34.3 Å². The van der Waals surface area contributed by atoms with Crippen molar-refractivity contribution in [2.24, 2.45) is 0 Å². The first-order valence-electron chi connectivity index (χ1n) is 7.30. The van der Waals surface area contributed by atoms with Gasteiger partial charge in [0.25, 0.3) is 5.91 Å². The number of carbonyl (C=O) groups excluding carboxylic acids is 1. The lowest BCUT2D eigenvalue weighted by molar-refractivity contribution is 0.0798. The van der Waals surface area contributed by atoms with Crippen LogP contribution >= 0.6 is 35.0 Å². The molecule has 0 bridgehead atoms. The van der Waals surface area contributed by atoms with Crippen molar-refractivity contribution < 1.29 is 4.79 Å². The molecule has 0 saturated carbocycles. The maximum Gasteiger partial charge on any atom is 0.253 e. The molecule has 0 spiro atoms. The first kappa shape index (κ1) is 18.7. The number of hydrogen-bond acceptors (Lipinski definition) is 3. The summed E-state index contributed by atoms with van der Waals surface area (Å²) in [5, 5.41) is 9.92. The number of nitrogens with zero attached hydrogens (tertiary/aromatic N) is 2. The van der Waals surface area contributed by atoms with Gasteiger partial charge in [0.2, 0.25) is 0 Å². The van der Waals surface area contributed by atoms with Crippen molar-refractivity contribution in [3.8, 4) is 6.07 Å². The van der Waals surface area contributed by atoms with E-state index in [0.717, 1.165) is 10.5 Å². The summed E-state index contributed by atoms with van der Waals surface area (Å²) in [6.07, 6.45) is 0.324. The van der Waals surface area contributed by atoms with E-state index in [-0.39, 0.29) is 5.91 Å². The third-order valence-electron chi connectivity index (χ3n) is 3.37. The number of hydrogen-bond donors (Lipinski definition) is 0. The van der Waals surface area contributed by atoms with Crippen LogP contribution in [0.2, 0.25) is 10.0 Å². The predicted octanol–water partition coefficient (Wildman–Crippen LogP) is 5.27. The van der Waals surface area contributed by atoms with Crippen LogP contribution in [0.3, 0.4) is 0 Å². The molecule has 2 aromatic carbocycles. The van der Waals surface area contributed by atoms with Crippen LogP contribution in [0.25, 0.3) is 0 Å². The van der Waals surface area contributed by atoms with Crippen molar-refractivity contribution in [3.63, 3.8) is 0 Å². The van der Waals surface area contributed by atoms with Crippen LogP contribution in [0.5, 0.6) is 0 Å². The van der Waals surface area contributed by atoms with Crippen LogP contribution in [0, 0.1) is 11.3 Å². The number of amides is 1. The van der Waals surface area contributed by atoms with Crippen LogP contribution in [0.15, 0.2) is 47.4 Å². The third kappa shape index (κ3) is 5.17. The molecule has 0 radical (unpaired) electrons. The van der Waals surface area contributed by atoms with Gasteiger partial charge in [0.15, 0.2) is 0 Å². The molecule has 0 aliphatic rings. The minimum Gasteiger partial charge on any atom is -0.341 e. The van der Waals surface area contributed by atoms with E-state index in [9.17, 15) is 4.79 Å². The van der Waals surface area contributed by atoms with Gasteiger partial charge in [0, 0.05) is 34.8 Å². The first-order valence-corrected chi connectivity index (χ1v) is 9.04. The molecule has 0 fully saturated rings. The van der Waals surface area contributed by atoms with Crippen molar-refractivity contribution in [1.82, 2.24) is 4.90 Å². The summed E-state index contributed by atoms with van der Waals surface area (Å²) in [7, 11) is 1.70. The number of nitriles is 1. The zero-order valence-corrected chi connectivity index (χ0v) is 15.5. The topological polar surface area (TPSA) is 44.1 Å². The maximum atomic E-state index is 12.3. The number of thioether (sulfide) groups is 1. The highest BCUT2D eigenvalue weighted by atomic mass is 35.5. The average Bonchev–Trinajstić information content (AvgIpc) is 2.60. The maximum absolute atomic E-state index is 12.3. The molecule has 3 nitrogen and oxygen atoms in total. The van der Waals surface area contributed by atoms with Crippen molar-refractivity contribution in [1.29, 1.82) is 5.26 Å². The number of benzene rings is 2. The number of carbonyl (C=O) groups is 1. The fourth-order valence-electron chi connectivity index (χ4n) is 2.08. The molecule has 0 aromatic heterocycles. The van der Waals surface area contributed by atoms with Crippen LogP contribution in [-0.2, 0) is 5.75 Å². The van der Waals surface area contributed by atoms with Crippen LogP contribution in [-0.4, -0.2) is 24.4 Å². The quantitative estimate of drug-likeness (QED) is 0.642. The van der Waals surface area contributed by atoms with E-state index in [1.54, 1.807) is 41.9 Å². The second-order valence-corrected chi connectivity index (χ2v) is 7.06. The Balaban J connectivity index is 2.06. The Kier molecular flexibility index (Phi) is 6.99. The van der Waals surface area contributed by atoms with Crippen molar-refractivity contribution in [2.45, 2.75) is 17.1 Å². The van der Waals surface area contributed by atoms with Gasteiger partial charge in [-0.05, 0) is 35.9 Å². The lowest BCUT2D eigenvalue weighted by atomic mass is 10.1. The van der Waals surface area contributed by atoms with Gasteiger partial charge < -0.3 is 4.90 Å². The molecule has 24 heavy (non-hydrogen) atoms. The normalized spacial score (nSPS) is 10.2. The molecule has 0 saturated heterocycles. The zero-order valence-electron chi connectivity index (χ0n) is 13.1. The fourth-order valence-corrected chi connectivity index (χ4v) is 3.52. The Labute approximate surface area is 156 Å². The highest BCUT2D eigenvalue weighted by Gasteiger charge is 2.12. The van der Waals surface area contributed by atoms with Crippen LogP contribution in [0.4, 0.5) is 0 Å². The lowest BCUT2D eigenvalue weighted by Gasteiger charge is -2.16. The highest BCUT2D eigenvalue weighted by molar-refractivity contribution is 7.98. The molecule has 2 aromatic rings. The van der Waals surface area contributed by atoms with E-state index >= 15 is 0 Å². The summed E-state index contributed by atoms with van der Waals surface area (Å²) in [6.45, 7) is 0.423. The molecule has 0 aliphatic carbocycles. The zero-order chi connectivity index (χ0) is 17.5. The second-order valence-electron chi connectivity index (χ2n) is 5.20. The Bertz CT molecular complexity index is 774. The molecule has 0 N–H and O–H groups in total. The predicted molar refractivity (Wildman–Crippen MR) is 99.7 cm³/mol. The summed E-state index contributed by atoms with van der Waals surface area (Å²) in [4.78, 5) is 14.8. The van der Waals surface area contributed by atoms with Crippen molar-refractivity contribution >= 4 is 40.9 Å². The van der Waals surface area contributed by atoms with Crippen LogP contribution in [0.1, 0.15) is 22.3 Å². The summed E-state index contributed by atoms with van der Waals surface area (Å²) >= 11 is 13.7. The van der Waals surface area contributed by atoms with Crippen molar-refractivity contribution in [2.75, 3.05) is 13.6 Å². The van der Waals surface area contributed by atoms with Gasteiger partial charge >= 0.3 is 0 Å². The molecular formula is C18H16Cl2N2OS. The van der Waals surface area contributed by atoms with Gasteiger partial charge in [-0.2, -0.15) is 5.26 Å². The van der Waals surface area contributed by atoms with Gasteiger partial charge in [0.05, 0.1) is 17.5 Å². The Hall–Kier alpha value is -1.67. The molecular weight excluding hydrogens is 363 g/mol. The summed E-state index contributed by atoms with van der Waals surface area (Å²) in [5.41, 5.74) is 1.64. The van der Waals surface area contributed by atoms with Gasteiger partial charge in [-0.15, -0.1) is 11.8 Å². The molecule has 1 amide bonds. The molecule has 0 heterocycles. The standard InChI is InChI=1S/C18H16Cl2N2OS/c1-22(9-3-8-21)18(23)14-5-2-4-13(10-14)12-24-17-11-15(19)6-7-16(17)20/h2,4-7,10-11H,3,9,12H2,1H3. The third-order valence-corrected chi connectivity index (χ3v) is 5.17. The largest absolute Gasteiger partial charge is 0.341 e. The molecule has 6 heteroatoms. The van der Waals surface area contributed by atoms with E-state index in [2.05, 4.69) is 0 Å². The lowest BCUT2D eigenvalue weighted by Crippen LogP contribution is -2.27. The van der Waals surface area contributed by atoms with Gasteiger partial charge in [-0.3, -0.25) is 4.79 Å². The number of halogens is 2. The van der Waals surface area contributed by atoms with Gasteiger partial charge in [-0.1, -0.05) is 35.3 Å². The average molecular weight is 379 g/mol. The van der Waals surface area contributed by atoms with E-state index in [1.807, 2.05) is 30.3 Å². The Morgan fingerprint density at radius 2 is 2.04 bits per heavy atom. The van der Waals surface area contributed by atoms with E-state index in [1.165, 1.54) is 0 Å². The van der Waals surface area contributed by atoms with Gasteiger partial charge in [-0.25, -0.2) is 0 Å². The SMILES string of the molecule is CN(CCC#N)C(=O)c1cccc(CSc2cc(Cl)ccc2Cl)c1. The Morgan fingerprint density at radius 1 is 1.25 bits per heavy atom. The van der Waals surface area contributed by atoms with E-state index < -0.39 is 0 Å². The smallest absolute Gasteiger partial charge is 0.253 e. The van der Waals surface area contributed by atoms with E-state index in [4.69, 9.17) is 28.5 Å². The monoisotopic (exact) mass is 378 g/mol. The first-order chi connectivity index (χ1) is 11.5. The van der Waals surface area contributed by atoms with Crippen molar-refractivity contribution in [3.05, 3.63) is 63.6 Å².